The van der Waals surface area contributed by atoms with Crippen LogP contribution in [0.3, 0.4) is 0 Å². The first-order chi connectivity index (χ1) is 8.96. The molecule has 4 nitrogen and oxygen atoms in total. The lowest BCUT2D eigenvalue weighted by Crippen LogP contribution is -2.37. The van der Waals surface area contributed by atoms with Crippen molar-refractivity contribution in [1.82, 2.24) is 4.31 Å². The summed E-state index contributed by atoms with van der Waals surface area (Å²) >= 11 is 0. The van der Waals surface area contributed by atoms with E-state index in [1.807, 2.05) is 12.1 Å². The molecule has 0 aliphatic carbocycles. The fourth-order valence-electron chi connectivity index (χ4n) is 2.47. The first-order valence-corrected chi connectivity index (χ1v) is 8.13. The number of aliphatic hydroxyl groups excluding tert-OH is 1. The van der Waals surface area contributed by atoms with E-state index in [4.69, 9.17) is 0 Å². The molecule has 1 aromatic rings. The number of hydrogen-bond acceptors (Lipinski definition) is 3. The summed E-state index contributed by atoms with van der Waals surface area (Å²) < 4.78 is 26.4. The summed E-state index contributed by atoms with van der Waals surface area (Å²) in [6.07, 6.45) is 1.55. The normalized spacial score (nSPS) is 21.2. The van der Waals surface area contributed by atoms with Gasteiger partial charge in [0.2, 0.25) is 10.0 Å². The van der Waals surface area contributed by atoms with Gasteiger partial charge in [0.15, 0.2) is 0 Å². The number of rotatable bonds is 4. The molecule has 0 saturated carbocycles. The molecule has 0 bridgehead atoms. The molecule has 19 heavy (non-hydrogen) atoms. The van der Waals surface area contributed by atoms with Gasteiger partial charge in [-0.1, -0.05) is 26.0 Å². The van der Waals surface area contributed by atoms with Crippen LogP contribution < -0.4 is 0 Å². The molecule has 1 unspecified atom stereocenters. The summed E-state index contributed by atoms with van der Waals surface area (Å²) in [5, 5.41) is 9.26. The molecule has 106 valence electrons. The Morgan fingerprint density at radius 1 is 1.32 bits per heavy atom. The lowest BCUT2D eigenvalue weighted by molar-refractivity contribution is 0.213. The molecule has 0 aromatic heterocycles. The topological polar surface area (TPSA) is 57.6 Å². The van der Waals surface area contributed by atoms with Crippen LogP contribution in [0.15, 0.2) is 29.2 Å². The quantitative estimate of drug-likeness (QED) is 0.919. The minimum atomic E-state index is -3.47. The van der Waals surface area contributed by atoms with Gasteiger partial charge in [-0.15, -0.1) is 0 Å². The van der Waals surface area contributed by atoms with Gasteiger partial charge in [0, 0.05) is 12.6 Å². The van der Waals surface area contributed by atoms with E-state index in [1.165, 1.54) is 4.31 Å². The van der Waals surface area contributed by atoms with Crippen molar-refractivity contribution >= 4 is 10.0 Å². The van der Waals surface area contributed by atoms with Gasteiger partial charge in [-0.25, -0.2) is 8.42 Å². The van der Waals surface area contributed by atoms with E-state index >= 15 is 0 Å². The molecule has 1 aliphatic heterocycles. The maximum absolute atomic E-state index is 12.5. The third-order valence-electron chi connectivity index (χ3n) is 3.69. The van der Waals surface area contributed by atoms with E-state index in [1.54, 1.807) is 12.1 Å². The Hall–Kier alpha value is -0.910. The third kappa shape index (κ3) is 2.83. The maximum atomic E-state index is 12.5. The van der Waals surface area contributed by atoms with Gasteiger partial charge in [-0.3, -0.25) is 0 Å². The molecule has 1 aliphatic rings. The summed E-state index contributed by atoms with van der Waals surface area (Å²) in [6.45, 7) is 4.54. The highest BCUT2D eigenvalue weighted by molar-refractivity contribution is 7.89. The predicted molar refractivity (Wildman–Crippen MR) is 74.5 cm³/mol. The lowest BCUT2D eigenvalue weighted by Gasteiger charge is -2.22. The summed E-state index contributed by atoms with van der Waals surface area (Å²) in [5.74, 6) is 0.383. The minimum absolute atomic E-state index is 0.108. The molecule has 1 aromatic carbocycles. The van der Waals surface area contributed by atoms with Crippen molar-refractivity contribution in [2.75, 3.05) is 13.2 Å². The zero-order valence-corrected chi connectivity index (χ0v) is 12.2. The Morgan fingerprint density at radius 2 is 1.95 bits per heavy atom. The van der Waals surface area contributed by atoms with Gasteiger partial charge >= 0.3 is 0 Å². The highest BCUT2D eigenvalue weighted by Crippen LogP contribution is 2.26. The minimum Gasteiger partial charge on any atom is -0.395 e. The number of sulfonamides is 1. The molecule has 5 heteroatoms. The smallest absolute Gasteiger partial charge is 0.243 e. The van der Waals surface area contributed by atoms with Gasteiger partial charge in [0.1, 0.15) is 0 Å². The van der Waals surface area contributed by atoms with E-state index < -0.39 is 10.0 Å². The van der Waals surface area contributed by atoms with Gasteiger partial charge in [0.25, 0.3) is 0 Å². The number of benzene rings is 1. The molecule has 2 rings (SSSR count). The second-order valence-corrected chi connectivity index (χ2v) is 7.21. The zero-order valence-electron chi connectivity index (χ0n) is 11.4. The lowest BCUT2D eigenvalue weighted by atomic mass is 10.0. The molecule has 1 fully saturated rings. The highest BCUT2D eigenvalue weighted by atomic mass is 32.2. The summed E-state index contributed by atoms with van der Waals surface area (Å²) in [5.41, 5.74) is 1.12. The number of nitrogens with zero attached hydrogens (tertiary/aromatic N) is 1. The average Bonchev–Trinajstić information content (AvgIpc) is 2.87. The summed E-state index contributed by atoms with van der Waals surface area (Å²) in [6, 6.07) is 6.78. The second-order valence-electron chi connectivity index (χ2n) is 5.32. The monoisotopic (exact) mass is 283 g/mol. The Labute approximate surface area is 115 Å². The molecule has 1 N–H and O–H groups in total. The Kier molecular flexibility index (Phi) is 4.28. The highest BCUT2D eigenvalue weighted by Gasteiger charge is 2.34. The van der Waals surface area contributed by atoms with E-state index in [0.29, 0.717) is 17.4 Å². The van der Waals surface area contributed by atoms with Crippen LogP contribution in [-0.2, 0) is 10.0 Å². The molecule has 1 saturated heterocycles. The van der Waals surface area contributed by atoms with Crippen LogP contribution in [0.2, 0.25) is 0 Å². The SMILES string of the molecule is CC(C)c1ccc(S(=O)(=O)N2CCCC2CO)cc1. The first kappa shape index (κ1) is 14.5. The van der Waals surface area contributed by atoms with Crippen LogP contribution in [0, 0.1) is 0 Å². The summed E-state index contributed by atoms with van der Waals surface area (Å²) in [7, 11) is -3.47. The van der Waals surface area contributed by atoms with Gasteiger partial charge in [-0.05, 0) is 36.5 Å². The molecule has 1 atom stereocenters. The average molecular weight is 283 g/mol. The van der Waals surface area contributed by atoms with Crippen LogP contribution >= 0.6 is 0 Å². The first-order valence-electron chi connectivity index (χ1n) is 6.69. The molecule has 0 spiro atoms. The predicted octanol–water partition coefficient (Wildman–Crippen LogP) is 1.96. The fraction of sp³-hybridized carbons (Fsp3) is 0.571. The zero-order chi connectivity index (χ0) is 14.0. The van der Waals surface area contributed by atoms with Crippen LogP contribution in [0.4, 0.5) is 0 Å². The standard InChI is InChI=1S/C14H21NO3S/c1-11(2)12-5-7-14(8-6-12)19(17,18)15-9-3-4-13(15)10-16/h5-8,11,13,16H,3-4,9-10H2,1-2H3. The van der Waals surface area contributed by atoms with Gasteiger partial charge < -0.3 is 5.11 Å². The van der Waals surface area contributed by atoms with Crippen molar-refractivity contribution in [3.63, 3.8) is 0 Å². The third-order valence-corrected chi connectivity index (χ3v) is 5.65. The van der Waals surface area contributed by atoms with Crippen LogP contribution in [0.5, 0.6) is 0 Å². The molecule has 1 heterocycles. The Balaban J connectivity index is 2.29. The van der Waals surface area contributed by atoms with Crippen LogP contribution in [-0.4, -0.2) is 37.0 Å². The Morgan fingerprint density at radius 3 is 2.47 bits per heavy atom. The van der Waals surface area contributed by atoms with E-state index in [2.05, 4.69) is 13.8 Å². The number of aliphatic hydroxyl groups is 1. The maximum Gasteiger partial charge on any atom is 0.243 e. The van der Waals surface area contributed by atoms with Crippen LogP contribution in [0.25, 0.3) is 0 Å². The Bertz CT molecular complexity index is 522. The van der Waals surface area contributed by atoms with Gasteiger partial charge in [0.05, 0.1) is 11.5 Å². The second kappa shape index (κ2) is 5.61. The van der Waals surface area contributed by atoms with Gasteiger partial charge in [-0.2, -0.15) is 4.31 Å². The summed E-state index contributed by atoms with van der Waals surface area (Å²) in [4.78, 5) is 0.317. The molecular formula is C14H21NO3S. The fourth-order valence-corrected chi connectivity index (χ4v) is 4.15. The van der Waals surface area contributed by atoms with Crippen LogP contribution in [0.1, 0.15) is 38.2 Å². The van der Waals surface area contributed by atoms with Crippen molar-refractivity contribution in [3.05, 3.63) is 29.8 Å². The van der Waals surface area contributed by atoms with Crippen molar-refractivity contribution in [3.8, 4) is 0 Å². The van der Waals surface area contributed by atoms with Crippen molar-refractivity contribution in [2.24, 2.45) is 0 Å². The van der Waals surface area contributed by atoms with Crippen molar-refractivity contribution in [2.45, 2.75) is 43.5 Å². The molecule has 0 radical (unpaired) electrons. The van der Waals surface area contributed by atoms with Crippen molar-refractivity contribution < 1.29 is 13.5 Å². The number of hydrogen-bond donors (Lipinski definition) is 1. The van der Waals surface area contributed by atoms with Crippen molar-refractivity contribution in [1.29, 1.82) is 0 Å². The van der Waals surface area contributed by atoms with E-state index in [9.17, 15) is 13.5 Å². The van der Waals surface area contributed by atoms with E-state index in [-0.39, 0.29) is 12.6 Å². The largest absolute Gasteiger partial charge is 0.395 e. The molecular weight excluding hydrogens is 262 g/mol. The molecule has 0 amide bonds. The van der Waals surface area contributed by atoms with E-state index in [0.717, 1.165) is 18.4 Å².